The number of halogens is 4. The molecule has 0 saturated heterocycles. The highest BCUT2D eigenvalue weighted by Crippen LogP contribution is 2.26. The Hall–Kier alpha value is -2.04. The van der Waals surface area contributed by atoms with Crippen LogP contribution in [0.2, 0.25) is 0 Å². The average molecular weight is 297 g/mol. The minimum atomic E-state index is -0.711. The number of hydrogen-bond donors (Lipinski definition) is 1. The molecule has 2 aromatic carbocycles. The highest BCUT2D eigenvalue weighted by atomic mass is 19.1. The molecule has 0 bridgehead atoms. The zero-order valence-corrected chi connectivity index (χ0v) is 11.9. The molecule has 21 heavy (non-hydrogen) atoms. The fourth-order valence-corrected chi connectivity index (χ4v) is 2.06. The highest BCUT2D eigenvalue weighted by Gasteiger charge is 2.16. The number of hydrogen-bond acceptors (Lipinski definition) is 1. The number of anilines is 1. The van der Waals surface area contributed by atoms with E-state index in [-0.39, 0.29) is 22.4 Å². The van der Waals surface area contributed by atoms with Crippen molar-refractivity contribution in [3.63, 3.8) is 0 Å². The van der Waals surface area contributed by atoms with Crippen LogP contribution in [0, 0.1) is 37.1 Å². The normalized spacial score (nSPS) is 12.3. The second kappa shape index (κ2) is 5.76. The molecule has 0 heterocycles. The van der Waals surface area contributed by atoms with Gasteiger partial charge in [0.15, 0.2) is 0 Å². The Morgan fingerprint density at radius 1 is 0.762 bits per heavy atom. The number of aryl methyl sites for hydroxylation is 2. The molecule has 0 amide bonds. The third-order valence-corrected chi connectivity index (χ3v) is 3.36. The van der Waals surface area contributed by atoms with Crippen molar-refractivity contribution >= 4 is 5.69 Å². The quantitative estimate of drug-likeness (QED) is 0.783. The zero-order chi connectivity index (χ0) is 15.7. The first-order chi connectivity index (χ1) is 9.79. The number of nitrogens with one attached hydrogen (secondary N) is 1. The van der Waals surface area contributed by atoms with Crippen molar-refractivity contribution < 1.29 is 17.6 Å². The van der Waals surface area contributed by atoms with Crippen LogP contribution in [0.25, 0.3) is 0 Å². The van der Waals surface area contributed by atoms with Gasteiger partial charge in [-0.3, -0.25) is 0 Å². The van der Waals surface area contributed by atoms with E-state index >= 15 is 0 Å². The Morgan fingerprint density at radius 3 is 1.90 bits per heavy atom. The van der Waals surface area contributed by atoms with E-state index in [9.17, 15) is 17.6 Å². The van der Waals surface area contributed by atoms with Gasteiger partial charge < -0.3 is 5.32 Å². The summed E-state index contributed by atoms with van der Waals surface area (Å²) in [5.41, 5.74) is 0.332. The van der Waals surface area contributed by atoms with Crippen molar-refractivity contribution in [3.05, 3.63) is 64.2 Å². The molecule has 0 spiro atoms. The molecule has 0 fully saturated rings. The van der Waals surface area contributed by atoms with Gasteiger partial charge in [0.1, 0.15) is 23.3 Å². The van der Waals surface area contributed by atoms with Crippen molar-refractivity contribution in [2.24, 2.45) is 0 Å². The smallest absolute Gasteiger partial charge is 0.146 e. The van der Waals surface area contributed by atoms with E-state index in [1.807, 2.05) is 0 Å². The van der Waals surface area contributed by atoms with Crippen molar-refractivity contribution in [1.29, 1.82) is 0 Å². The average Bonchev–Trinajstić information content (AvgIpc) is 2.40. The highest BCUT2D eigenvalue weighted by molar-refractivity contribution is 5.49. The molecule has 0 saturated carbocycles. The molecular weight excluding hydrogens is 282 g/mol. The van der Waals surface area contributed by atoms with Crippen LogP contribution in [0.5, 0.6) is 0 Å². The lowest BCUT2D eigenvalue weighted by molar-refractivity contribution is 0.568. The van der Waals surface area contributed by atoms with E-state index in [1.54, 1.807) is 6.92 Å². The Balaban J connectivity index is 2.32. The van der Waals surface area contributed by atoms with Crippen LogP contribution >= 0.6 is 0 Å². The van der Waals surface area contributed by atoms with Gasteiger partial charge >= 0.3 is 0 Å². The lowest BCUT2D eigenvalue weighted by Gasteiger charge is -2.18. The first-order valence-electron chi connectivity index (χ1n) is 6.47. The second-order valence-corrected chi connectivity index (χ2v) is 5.07. The molecule has 0 aromatic heterocycles. The minimum absolute atomic E-state index is 0.0542. The second-order valence-electron chi connectivity index (χ2n) is 5.07. The molecule has 5 heteroatoms. The predicted octanol–water partition coefficient (Wildman–Crippen LogP) is 5.03. The van der Waals surface area contributed by atoms with Gasteiger partial charge in [-0.25, -0.2) is 17.6 Å². The molecule has 1 unspecified atom stereocenters. The Kier molecular flexibility index (Phi) is 4.21. The predicted molar refractivity (Wildman–Crippen MR) is 74.2 cm³/mol. The summed E-state index contributed by atoms with van der Waals surface area (Å²) >= 11 is 0. The fourth-order valence-electron chi connectivity index (χ4n) is 2.06. The Bertz CT molecular complexity index is 682. The summed E-state index contributed by atoms with van der Waals surface area (Å²) in [6.45, 7) is 4.44. The van der Waals surface area contributed by atoms with Crippen LogP contribution in [0.4, 0.5) is 23.2 Å². The van der Waals surface area contributed by atoms with Gasteiger partial charge in [0.2, 0.25) is 0 Å². The van der Waals surface area contributed by atoms with Crippen LogP contribution < -0.4 is 5.32 Å². The van der Waals surface area contributed by atoms with Gasteiger partial charge in [0.25, 0.3) is 0 Å². The summed E-state index contributed by atoms with van der Waals surface area (Å²) in [4.78, 5) is 0. The summed E-state index contributed by atoms with van der Waals surface area (Å²) in [7, 11) is 0. The minimum Gasteiger partial charge on any atom is -0.376 e. The van der Waals surface area contributed by atoms with Crippen molar-refractivity contribution in [2.45, 2.75) is 26.8 Å². The van der Waals surface area contributed by atoms with Crippen LogP contribution in [-0.4, -0.2) is 0 Å². The molecule has 1 atom stereocenters. The molecule has 0 aliphatic carbocycles. The molecule has 0 radical (unpaired) electrons. The molecule has 112 valence electrons. The molecular formula is C16H15F4N. The standard InChI is InChI=1S/C16H15F4N/c1-8-4-14(19)11(6-12(8)17)10(3)21-16-7-13(18)9(2)5-15(16)20/h4-7,10,21H,1-3H3. The maximum Gasteiger partial charge on any atom is 0.146 e. The van der Waals surface area contributed by atoms with Gasteiger partial charge in [-0.05, 0) is 50.1 Å². The van der Waals surface area contributed by atoms with Gasteiger partial charge in [0.05, 0.1) is 11.7 Å². The lowest BCUT2D eigenvalue weighted by atomic mass is 10.0. The summed E-state index contributed by atoms with van der Waals surface area (Å²) in [5.74, 6) is -2.35. The van der Waals surface area contributed by atoms with E-state index in [0.29, 0.717) is 0 Å². The lowest BCUT2D eigenvalue weighted by Crippen LogP contribution is -2.11. The van der Waals surface area contributed by atoms with Crippen molar-refractivity contribution in [1.82, 2.24) is 0 Å². The summed E-state index contributed by atoms with van der Waals surface area (Å²) in [5, 5.41) is 2.66. The van der Waals surface area contributed by atoms with E-state index < -0.39 is 29.3 Å². The van der Waals surface area contributed by atoms with Gasteiger partial charge in [-0.1, -0.05) is 0 Å². The Morgan fingerprint density at radius 2 is 1.29 bits per heavy atom. The maximum absolute atomic E-state index is 13.9. The first kappa shape index (κ1) is 15.4. The fraction of sp³-hybridized carbons (Fsp3) is 0.250. The van der Waals surface area contributed by atoms with Crippen LogP contribution in [0.3, 0.4) is 0 Å². The molecule has 1 nitrogen and oxygen atoms in total. The zero-order valence-electron chi connectivity index (χ0n) is 11.9. The largest absolute Gasteiger partial charge is 0.376 e. The molecule has 1 N–H and O–H groups in total. The van der Waals surface area contributed by atoms with E-state index in [4.69, 9.17) is 0 Å². The topological polar surface area (TPSA) is 12.0 Å². The van der Waals surface area contributed by atoms with E-state index in [0.717, 1.165) is 24.3 Å². The third kappa shape index (κ3) is 3.17. The maximum atomic E-state index is 13.9. The van der Waals surface area contributed by atoms with Gasteiger partial charge in [0, 0.05) is 11.6 Å². The number of benzene rings is 2. The summed E-state index contributed by atoms with van der Waals surface area (Å²) in [6.07, 6.45) is 0. The third-order valence-electron chi connectivity index (χ3n) is 3.36. The molecule has 0 aliphatic heterocycles. The molecule has 2 aromatic rings. The summed E-state index contributed by atoms with van der Waals surface area (Å²) in [6, 6.07) is 3.48. The monoisotopic (exact) mass is 297 g/mol. The van der Waals surface area contributed by atoms with Crippen LogP contribution in [-0.2, 0) is 0 Å². The van der Waals surface area contributed by atoms with Crippen molar-refractivity contribution in [3.8, 4) is 0 Å². The Labute approximate surface area is 120 Å². The van der Waals surface area contributed by atoms with Crippen LogP contribution in [0.15, 0.2) is 24.3 Å². The van der Waals surface area contributed by atoms with Gasteiger partial charge in [-0.15, -0.1) is 0 Å². The molecule has 2 rings (SSSR count). The SMILES string of the molecule is Cc1cc(F)c(NC(C)c2cc(F)c(C)cc2F)cc1F. The van der Waals surface area contributed by atoms with Crippen molar-refractivity contribution in [2.75, 3.05) is 5.32 Å². The molecule has 0 aliphatic rings. The van der Waals surface area contributed by atoms with E-state index in [2.05, 4.69) is 5.32 Å². The van der Waals surface area contributed by atoms with E-state index in [1.165, 1.54) is 13.8 Å². The van der Waals surface area contributed by atoms with Crippen LogP contribution in [0.1, 0.15) is 29.7 Å². The van der Waals surface area contributed by atoms with Gasteiger partial charge in [-0.2, -0.15) is 0 Å². The number of rotatable bonds is 3. The summed E-state index contributed by atoms with van der Waals surface area (Å²) < 4.78 is 54.6. The first-order valence-corrected chi connectivity index (χ1v) is 6.47.